The van der Waals surface area contributed by atoms with Crippen LogP contribution in [0, 0.1) is 34.0 Å². The molecule has 4 aliphatic rings. The molecule has 0 aliphatic heterocycles. The number of rotatable bonds is 3. The Kier molecular flexibility index (Phi) is 6.68. The van der Waals surface area contributed by atoms with E-state index in [9.17, 15) is 19.8 Å². The summed E-state index contributed by atoms with van der Waals surface area (Å²) in [5.74, 6) is -1.24. The first-order chi connectivity index (χ1) is 19.3. The van der Waals surface area contributed by atoms with Gasteiger partial charge in [0, 0.05) is 19.0 Å². The number of hydrogen-bond donors (Lipinski definition) is 4. The fraction of sp³-hybridized carbons (Fsp3) is 0.588. The number of carboxylic acids is 1. The summed E-state index contributed by atoms with van der Waals surface area (Å²) in [5, 5.41) is 23.4. The van der Waals surface area contributed by atoms with Gasteiger partial charge in [0.05, 0.1) is 11.7 Å². The van der Waals surface area contributed by atoms with Crippen molar-refractivity contribution in [2.45, 2.75) is 90.5 Å². The van der Waals surface area contributed by atoms with Gasteiger partial charge in [-0.15, -0.1) is 0 Å². The number of carboxylic acid groups (broad SMARTS) is 1. The molecular weight excluding hydrogens is 516 g/mol. The number of carbonyl (C=O) groups excluding carboxylic acids is 1. The van der Waals surface area contributed by atoms with Crippen molar-refractivity contribution in [3.05, 3.63) is 53.6 Å². The number of benzene rings is 2. The molecule has 0 amide bonds. The highest BCUT2D eigenvalue weighted by molar-refractivity contribution is 6.17. The number of ether oxygens (including phenoxy) is 1. The van der Waals surface area contributed by atoms with Gasteiger partial charge >= 0.3 is 11.9 Å². The number of aliphatic hydroxyl groups excluding tert-OH is 1. The number of aliphatic hydroxyl groups is 1. The lowest BCUT2D eigenvalue weighted by molar-refractivity contribution is -0.196. The summed E-state index contributed by atoms with van der Waals surface area (Å²) in [4.78, 5) is 25.6. The molecule has 0 saturated heterocycles. The van der Waals surface area contributed by atoms with E-state index in [-0.39, 0.29) is 51.7 Å². The van der Waals surface area contributed by atoms with Gasteiger partial charge < -0.3 is 26.4 Å². The molecule has 7 heteroatoms. The van der Waals surface area contributed by atoms with Crippen molar-refractivity contribution >= 4 is 28.3 Å². The minimum Gasteiger partial charge on any atom is -0.478 e. The molecule has 0 spiro atoms. The van der Waals surface area contributed by atoms with E-state index in [1.807, 2.05) is 42.5 Å². The summed E-state index contributed by atoms with van der Waals surface area (Å²) in [6.07, 6.45) is 3.37. The molecule has 0 aromatic heterocycles. The molecule has 6 N–H and O–H groups in total. The van der Waals surface area contributed by atoms with E-state index in [2.05, 4.69) is 20.8 Å². The summed E-state index contributed by atoms with van der Waals surface area (Å²) >= 11 is 0. The Bertz CT molecular complexity index is 1440. The van der Waals surface area contributed by atoms with E-state index in [0.717, 1.165) is 30.0 Å². The van der Waals surface area contributed by atoms with Gasteiger partial charge in [0.1, 0.15) is 6.10 Å². The van der Waals surface area contributed by atoms with Crippen LogP contribution in [0.25, 0.3) is 16.3 Å². The van der Waals surface area contributed by atoms with Gasteiger partial charge in [-0.05, 0) is 100 Å². The normalized spacial score (nSPS) is 43.0. The molecule has 0 bridgehead atoms. The second kappa shape index (κ2) is 9.65. The zero-order valence-corrected chi connectivity index (χ0v) is 24.6. The van der Waals surface area contributed by atoms with Crippen LogP contribution >= 0.6 is 0 Å². The van der Waals surface area contributed by atoms with Crippen molar-refractivity contribution in [1.82, 2.24) is 0 Å². The average Bonchev–Trinajstić information content (AvgIpc) is 3.17. The third kappa shape index (κ3) is 4.03. The van der Waals surface area contributed by atoms with Gasteiger partial charge in [0.2, 0.25) is 0 Å². The molecule has 10 atom stereocenters. The minimum absolute atomic E-state index is 0.129. The van der Waals surface area contributed by atoms with Crippen molar-refractivity contribution < 1.29 is 24.5 Å². The Labute approximate surface area is 242 Å². The third-order valence-corrected chi connectivity index (χ3v) is 12.3. The van der Waals surface area contributed by atoms with Crippen LogP contribution in [0.2, 0.25) is 0 Å². The highest BCUT2D eigenvalue weighted by atomic mass is 16.5. The van der Waals surface area contributed by atoms with Crippen LogP contribution in [0.4, 0.5) is 0 Å². The highest BCUT2D eigenvalue weighted by Gasteiger charge is 2.70. The molecule has 4 saturated carbocycles. The molecule has 220 valence electrons. The smallest absolute Gasteiger partial charge is 0.336 e. The number of fused-ring (bicyclic) bond motifs is 6. The average molecular weight is 561 g/mol. The van der Waals surface area contributed by atoms with Crippen molar-refractivity contribution in [2.24, 2.45) is 45.5 Å². The van der Waals surface area contributed by atoms with Crippen LogP contribution in [-0.2, 0) is 14.3 Å². The molecular formula is C34H44N2O5. The van der Waals surface area contributed by atoms with Crippen LogP contribution in [0.3, 0.4) is 0 Å². The van der Waals surface area contributed by atoms with Gasteiger partial charge in [-0.25, -0.2) is 4.79 Å². The van der Waals surface area contributed by atoms with Gasteiger partial charge in [0.15, 0.2) is 0 Å². The van der Waals surface area contributed by atoms with Crippen molar-refractivity contribution in [3.63, 3.8) is 0 Å². The maximum Gasteiger partial charge on any atom is 0.336 e. The molecule has 0 heterocycles. The van der Waals surface area contributed by atoms with Gasteiger partial charge in [0.25, 0.3) is 0 Å². The SMILES string of the molecule is CC(=O)O[C@H]1C[C@@]2(C)[C@@H](C[C@H](N)[C@H]3[C@@]4(C)CC[C@@H](O)[C@@H](N)[C@@H]4CC[C@@]32C)/C1=C(/C(=O)O)c1ccc2ccccc2c1. The van der Waals surface area contributed by atoms with Crippen LogP contribution in [0.1, 0.15) is 71.8 Å². The predicted molar refractivity (Wildman–Crippen MR) is 159 cm³/mol. The summed E-state index contributed by atoms with van der Waals surface area (Å²) in [6.45, 7) is 8.34. The summed E-state index contributed by atoms with van der Waals surface area (Å²) < 4.78 is 5.99. The fourth-order valence-corrected chi connectivity index (χ4v) is 10.4. The van der Waals surface area contributed by atoms with Gasteiger partial charge in [-0.3, -0.25) is 4.79 Å². The second-order valence-electron chi connectivity index (χ2n) is 14.1. The van der Waals surface area contributed by atoms with E-state index < -0.39 is 24.1 Å². The number of aliphatic carboxylic acids is 1. The third-order valence-electron chi connectivity index (χ3n) is 12.3. The van der Waals surface area contributed by atoms with E-state index in [1.54, 1.807) is 0 Å². The number of carbonyl (C=O) groups is 2. The quantitative estimate of drug-likeness (QED) is 0.310. The topological polar surface area (TPSA) is 136 Å². The Morgan fingerprint density at radius 1 is 0.976 bits per heavy atom. The van der Waals surface area contributed by atoms with Gasteiger partial charge in [-0.2, -0.15) is 0 Å². The molecule has 2 aromatic carbocycles. The Morgan fingerprint density at radius 2 is 1.68 bits per heavy atom. The van der Waals surface area contributed by atoms with Crippen LogP contribution < -0.4 is 11.5 Å². The lowest BCUT2D eigenvalue weighted by atomic mass is 9.36. The molecule has 6 rings (SSSR count). The maximum atomic E-state index is 13.1. The van der Waals surface area contributed by atoms with E-state index in [4.69, 9.17) is 16.2 Å². The van der Waals surface area contributed by atoms with Crippen LogP contribution in [0.5, 0.6) is 0 Å². The first-order valence-corrected chi connectivity index (χ1v) is 15.1. The number of hydrogen-bond acceptors (Lipinski definition) is 6. The highest BCUT2D eigenvalue weighted by Crippen LogP contribution is 2.73. The molecule has 2 aromatic rings. The van der Waals surface area contributed by atoms with Crippen molar-refractivity contribution in [2.75, 3.05) is 0 Å². The first kappa shape index (κ1) is 28.4. The molecule has 0 radical (unpaired) electrons. The Balaban J connectivity index is 1.52. The standard InChI is InChI=1S/C34H44N2O5/c1-18(37)41-26-17-34(4)23(28(26)27(31(39)40)21-10-9-19-7-5-6-8-20(19)15-21)16-24(35)30-32(2)13-12-25(38)29(36)22(32)11-14-33(30,34)3/h5-10,15,22-26,29-30,38H,11-14,16-17,35-36H2,1-4H3,(H,39,40)/b28-27-/t22-,23-,24-,25+,26-,29-,30-,32-,33-,34-/m0/s1. The number of esters is 1. The van der Waals surface area contributed by atoms with E-state index >= 15 is 0 Å². The Morgan fingerprint density at radius 3 is 2.37 bits per heavy atom. The van der Waals surface area contributed by atoms with E-state index in [0.29, 0.717) is 30.4 Å². The lowest BCUT2D eigenvalue weighted by Crippen LogP contribution is -2.69. The monoisotopic (exact) mass is 560 g/mol. The Hall–Kier alpha value is -2.74. The molecule has 0 unspecified atom stereocenters. The molecule has 4 fully saturated rings. The second-order valence-corrected chi connectivity index (χ2v) is 14.1. The van der Waals surface area contributed by atoms with Crippen LogP contribution in [0.15, 0.2) is 48.0 Å². The fourth-order valence-electron chi connectivity index (χ4n) is 10.4. The molecule has 41 heavy (non-hydrogen) atoms. The molecule has 7 nitrogen and oxygen atoms in total. The van der Waals surface area contributed by atoms with Crippen molar-refractivity contribution in [1.29, 1.82) is 0 Å². The van der Waals surface area contributed by atoms with E-state index in [1.165, 1.54) is 6.92 Å². The first-order valence-electron chi connectivity index (χ1n) is 15.1. The van der Waals surface area contributed by atoms with Crippen molar-refractivity contribution in [3.8, 4) is 0 Å². The van der Waals surface area contributed by atoms with Crippen LogP contribution in [-0.4, -0.2) is 46.4 Å². The zero-order chi connectivity index (χ0) is 29.5. The summed E-state index contributed by atoms with van der Waals surface area (Å²) in [5.41, 5.74) is 14.7. The largest absolute Gasteiger partial charge is 0.478 e. The summed E-state index contributed by atoms with van der Waals surface area (Å²) in [6, 6.07) is 13.2. The minimum atomic E-state index is -1.01. The number of nitrogens with two attached hydrogens (primary N) is 2. The van der Waals surface area contributed by atoms with Gasteiger partial charge in [-0.1, -0.05) is 57.2 Å². The predicted octanol–water partition coefficient (Wildman–Crippen LogP) is 4.89. The molecule has 4 aliphatic carbocycles. The zero-order valence-electron chi connectivity index (χ0n) is 24.6. The lowest BCUT2D eigenvalue weighted by Gasteiger charge is -2.69. The summed E-state index contributed by atoms with van der Waals surface area (Å²) in [7, 11) is 0. The maximum absolute atomic E-state index is 13.1.